The molecule has 1 saturated carbocycles. The highest BCUT2D eigenvalue weighted by atomic mass is 32.1. The lowest BCUT2D eigenvalue weighted by Crippen LogP contribution is -2.40. The van der Waals surface area contributed by atoms with E-state index in [1.807, 2.05) is 13.8 Å². The molecule has 1 aromatic rings. The van der Waals surface area contributed by atoms with E-state index in [-0.39, 0.29) is 11.9 Å². The van der Waals surface area contributed by atoms with Gasteiger partial charge in [0.1, 0.15) is 0 Å². The smallest absolute Gasteiger partial charge is 0.234 e. The molecular weight excluding hydrogens is 282 g/mol. The highest BCUT2D eigenvalue weighted by Crippen LogP contribution is 2.24. The number of hydrogen-bond acceptors (Lipinski definition) is 4. The third-order valence-electron chi connectivity index (χ3n) is 4.12. The standard InChI is InChI=1S/C16H27N3OS/c1-11(16-12(2)18-13(3)21-16)17-10-15(20)19-14-8-6-4-5-7-9-14/h11,14,17H,4-10H2,1-3H3,(H,19,20). The van der Waals surface area contributed by atoms with Gasteiger partial charge in [-0.2, -0.15) is 0 Å². The second-order valence-corrected chi connectivity index (χ2v) is 7.28. The monoisotopic (exact) mass is 309 g/mol. The Labute approximate surface area is 131 Å². The molecule has 2 rings (SSSR count). The van der Waals surface area contributed by atoms with E-state index >= 15 is 0 Å². The van der Waals surface area contributed by atoms with E-state index < -0.39 is 0 Å². The maximum Gasteiger partial charge on any atom is 0.234 e. The van der Waals surface area contributed by atoms with Crippen molar-refractivity contribution in [1.82, 2.24) is 15.6 Å². The third-order valence-corrected chi connectivity index (χ3v) is 5.38. The van der Waals surface area contributed by atoms with Gasteiger partial charge >= 0.3 is 0 Å². The molecule has 0 aromatic carbocycles. The van der Waals surface area contributed by atoms with Gasteiger partial charge in [0.15, 0.2) is 0 Å². The van der Waals surface area contributed by atoms with Crippen molar-refractivity contribution < 1.29 is 4.79 Å². The lowest BCUT2D eigenvalue weighted by Gasteiger charge is -2.18. The van der Waals surface area contributed by atoms with Gasteiger partial charge in [0, 0.05) is 17.0 Å². The van der Waals surface area contributed by atoms with Gasteiger partial charge in [-0.05, 0) is 33.6 Å². The summed E-state index contributed by atoms with van der Waals surface area (Å²) in [6.07, 6.45) is 7.38. The molecule has 1 heterocycles. The molecule has 1 atom stereocenters. The Hall–Kier alpha value is -0.940. The fourth-order valence-corrected chi connectivity index (χ4v) is 3.94. The fourth-order valence-electron chi connectivity index (χ4n) is 2.99. The first kappa shape index (κ1) is 16.4. The number of aryl methyl sites for hydroxylation is 2. The number of aromatic nitrogens is 1. The van der Waals surface area contributed by atoms with Crippen LogP contribution in [0.3, 0.4) is 0 Å². The summed E-state index contributed by atoms with van der Waals surface area (Å²) in [5.41, 5.74) is 1.07. The van der Waals surface area contributed by atoms with Crippen LogP contribution in [0.1, 0.15) is 67.1 Å². The average Bonchev–Trinajstić information content (AvgIpc) is 2.65. The highest BCUT2D eigenvalue weighted by Gasteiger charge is 2.17. The maximum atomic E-state index is 12.1. The van der Waals surface area contributed by atoms with Crippen molar-refractivity contribution in [3.63, 3.8) is 0 Å². The minimum Gasteiger partial charge on any atom is -0.352 e. The summed E-state index contributed by atoms with van der Waals surface area (Å²) in [7, 11) is 0. The summed E-state index contributed by atoms with van der Waals surface area (Å²) in [5.74, 6) is 0.118. The summed E-state index contributed by atoms with van der Waals surface area (Å²) in [6, 6.07) is 0.556. The molecule has 0 aliphatic heterocycles. The SMILES string of the molecule is Cc1nc(C)c(C(C)NCC(=O)NC2CCCCCC2)s1. The molecule has 0 spiro atoms. The van der Waals surface area contributed by atoms with Crippen LogP contribution in [0.4, 0.5) is 0 Å². The van der Waals surface area contributed by atoms with Crippen molar-refractivity contribution in [2.24, 2.45) is 0 Å². The summed E-state index contributed by atoms with van der Waals surface area (Å²) in [6.45, 7) is 6.53. The molecule has 1 aliphatic carbocycles. The van der Waals surface area contributed by atoms with Crippen LogP contribution in [0.15, 0.2) is 0 Å². The van der Waals surface area contributed by atoms with Crippen molar-refractivity contribution in [1.29, 1.82) is 0 Å². The molecule has 1 unspecified atom stereocenters. The molecule has 5 heteroatoms. The number of thiazole rings is 1. The Bertz CT molecular complexity index is 464. The normalized spacial score (nSPS) is 18.2. The Morgan fingerprint density at radius 3 is 2.52 bits per heavy atom. The van der Waals surface area contributed by atoms with Gasteiger partial charge in [0.2, 0.25) is 5.91 Å². The van der Waals surface area contributed by atoms with Crippen LogP contribution in [0, 0.1) is 13.8 Å². The largest absolute Gasteiger partial charge is 0.352 e. The second-order valence-electron chi connectivity index (χ2n) is 6.04. The van der Waals surface area contributed by atoms with Crippen LogP contribution in [-0.2, 0) is 4.79 Å². The number of hydrogen-bond donors (Lipinski definition) is 2. The number of nitrogens with one attached hydrogen (secondary N) is 2. The van der Waals surface area contributed by atoms with Crippen molar-refractivity contribution in [2.75, 3.05) is 6.54 Å². The molecule has 1 aromatic heterocycles. The number of carbonyl (C=O) groups is 1. The minimum atomic E-state index is 0.118. The predicted molar refractivity (Wildman–Crippen MR) is 87.6 cm³/mol. The molecule has 1 aliphatic rings. The molecule has 1 fully saturated rings. The molecule has 21 heavy (non-hydrogen) atoms. The maximum absolute atomic E-state index is 12.1. The number of carbonyl (C=O) groups excluding carboxylic acids is 1. The van der Waals surface area contributed by atoms with Crippen LogP contribution in [0.2, 0.25) is 0 Å². The summed E-state index contributed by atoms with van der Waals surface area (Å²) in [4.78, 5) is 17.7. The third kappa shape index (κ3) is 5.08. The van der Waals surface area contributed by atoms with E-state index in [2.05, 4.69) is 22.5 Å². The van der Waals surface area contributed by atoms with Crippen LogP contribution >= 0.6 is 11.3 Å². The van der Waals surface area contributed by atoms with Gasteiger partial charge < -0.3 is 10.6 Å². The molecular formula is C16H27N3OS. The van der Waals surface area contributed by atoms with Gasteiger partial charge in [0.25, 0.3) is 0 Å². The molecule has 4 nitrogen and oxygen atoms in total. The minimum absolute atomic E-state index is 0.118. The van der Waals surface area contributed by atoms with Crippen molar-refractivity contribution in [3.05, 3.63) is 15.6 Å². The zero-order chi connectivity index (χ0) is 15.2. The van der Waals surface area contributed by atoms with E-state index in [1.54, 1.807) is 11.3 Å². The van der Waals surface area contributed by atoms with Gasteiger partial charge in [-0.15, -0.1) is 11.3 Å². The van der Waals surface area contributed by atoms with Crippen molar-refractivity contribution >= 4 is 17.2 Å². The quantitative estimate of drug-likeness (QED) is 0.821. The number of rotatable bonds is 5. The van der Waals surface area contributed by atoms with E-state index in [9.17, 15) is 4.79 Å². The Balaban J connectivity index is 1.76. The predicted octanol–water partition coefficient (Wildman–Crippen LogP) is 3.25. The topological polar surface area (TPSA) is 54.0 Å². The molecule has 0 bridgehead atoms. The highest BCUT2D eigenvalue weighted by molar-refractivity contribution is 7.11. The lowest BCUT2D eigenvalue weighted by atomic mass is 10.1. The first-order valence-electron chi connectivity index (χ1n) is 8.03. The Morgan fingerprint density at radius 1 is 1.29 bits per heavy atom. The van der Waals surface area contributed by atoms with Gasteiger partial charge in [-0.3, -0.25) is 4.79 Å². The molecule has 118 valence electrons. The number of amides is 1. The van der Waals surface area contributed by atoms with Crippen LogP contribution in [0.5, 0.6) is 0 Å². The zero-order valence-electron chi connectivity index (χ0n) is 13.4. The first-order valence-corrected chi connectivity index (χ1v) is 8.84. The van der Waals surface area contributed by atoms with E-state index in [4.69, 9.17) is 0 Å². The van der Waals surface area contributed by atoms with Crippen LogP contribution in [0.25, 0.3) is 0 Å². The second kappa shape index (κ2) is 7.90. The Morgan fingerprint density at radius 2 is 1.95 bits per heavy atom. The van der Waals surface area contributed by atoms with Crippen molar-refractivity contribution in [3.8, 4) is 0 Å². The molecule has 0 saturated heterocycles. The zero-order valence-corrected chi connectivity index (χ0v) is 14.2. The summed E-state index contributed by atoms with van der Waals surface area (Å²) >= 11 is 1.71. The van der Waals surface area contributed by atoms with Gasteiger partial charge in [0.05, 0.1) is 17.2 Å². The van der Waals surface area contributed by atoms with Gasteiger partial charge in [-0.1, -0.05) is 25.7 Å². The summed E-state index contributed by atoms with van der Waals surface area (Å²) in [5, 5.41) is 7.57. The molecule has 1 amide bonds. The fraction of sp³-hybridized carbons (Fsp3) is 0.750. The average molecular weight is 309 g/mol. The lowest BCUT2D eigenvalue weighted by molar-refractivity contribution is -0.121. The van der Waals surface area contributed by atoms with E-state index in [0.29, 0.717) is 12.6 Å². The Kier molecular flexibility index (Phi) is 6.18. The first-order chi connectivity index (χ1) is 10.1. The molecule has 2 N–H and O–H groups in total. The summed E-state index contributed by atoms with van der Waals surface area (Å²) < 4.78 is 0. The van der Waals surface area contributed by atoms with Crippen molar-refractivity contribution in [2.45, 2.75) is 71.4 Å². The molecule has 0 radical (unpaired) electrons. The van der Waals surface area contributed by atoms with E-state index in [1.165, 1.54) is 30.6 Å². The van der Waals surface area contributed by atoms with E-state index in [0.717, 1.165) is 23.5 Å². The van der Waals surface area contributed by atoms with Crippen LogP contribution < -0.4 is 10.6 Å². The van der Waals surface area contributed by atoms with Gasteiger partial charge in [-0.25, -0.2) is 4.98 Å². The van der Waals surface area contributed by atoms with Crippen LogP contribution in [-0.4, -0.2) is 23.5 Å². The number of nitrogens with zero attached hydrogens (tertiary/aromatic N) is 1.